The second-order valence-corrected chi connectivity index (χ2v) is 5.08. The van der Waals surface area contributed by atoms with Gasteiger partial charge in [0.25, 0.3) is 0 Å². The molecule has 0 amide bonds. The van der Waals surface area contributed by atoms with E-state index in [9.17, 15) is 4.79 Å². The highest BCUT2D eigenvalue weighted by atomic mass is 35.5. The van der Waals surface area contributed by atoms with Gasteiger partial charge in [0.15, 0.2) is 0 Å². The van der Waals surface area contributed by atoms with Crippen LogP contribution in [0.15, 0.2) is 18.2 Å². The number of ether oxygens (including phenoxy) is 1. The predicted octanol–water partition coefficient (Wildman–Crippen LogP) is 3.03. The van der Waals surface area contributed by atoms with Crippen molar-refractivity contribution in [3.63, 3.8) is 0 Å². The Hall–Kier alpha value is -1.06. The average molecular weight is 270 g/mol. The molecule has 0 bridgehead atoms. The molecule has 0 aliphatic carbocycles. The number of aryl methyl sites for hydroxylation is 1. The molecule has 0 N–H and O–H groups in total. The van der Waals surface area contributed by atoms with Crippen molar-refractivity contribution in [1.29, 1.82) is 0 Å². The molecule has 0 aromatic heterocycles. The van der Waals surface area contributed by atoms with E-state index >= 15 is 0 Å². The fraction of sp³-hybridized carbons (Fsp3) is 0.500. The van der Waals surface area contributed by atoms with Crippen LogP contribution in [0.1, 0.15) is 25.0 Å². The van der Waals surface area contributed by atoms with Crippen molar-refractivity contribution in [2.24, 2.45) is 0 Å². The first-order valence-electron chi connectivity index (χ1n) is 6.00. The summed E-state index contributed by atoms with van der Waals surface area (Å²) in [6.45, 7) is 7.02. The Morgan fingerprint density at radius 1 is 1.44 bits per heavy atom. The number of nitrogens with zero attached hydrogens (tertiary/aromatic N) is 1. The Morgan fingerprint density at radius 2 is 2.11 bits per heavy atom. The molecule has 0 saturated heterocycles. The third-order valence-electron chi connectivity index (χ3n) is 2.87. The van der Waals surface area contributed by atoms with Gasteiger partial charge in [0.1, 0.15) is 0 Å². The highest BCUT2D eigenvalue weighted by molar-refractivity contribution is 6.31. The number of benzene rings is 1. The Kier molecular flexibility index (Phi) is 5.63. The fourth-order valence-corrected chi connectivity index (χ4v) is 1.95. The van der Waals surface area contributed by atoms with Gasteiger partial charge < -0.3 is 4.74 Å². The molecule has 3 nitrogen and oxygen atoms in total. The minimum Gasteiger partial charge on any atom is -0.468 e. The lowest BCUT2D eigenvalue weighted by Crippen LogP contribution is -2.35. The summed E-state index contributed by atoms with van der Waals surface area (Å²) in [6.07, 6.45) is 0. The van der Waals surface area contributed by atoms with Crippen LogP contribution in [0.25, 0.3) is 0 Å². The third kappa shape index (κ3) is 4.31. The smallest absolute Gasteiger partial charge is 0.319 e. The van der Waals surface area contributed by atoms with Crippen LogP contribution in [-0.2, 0) is 16.1 Å². The normalized spacial score (nSPS) is 11.1. The average Bonchev–Trinajstić information content (AvgIpc) is 2.30. The van der Waals surface area contributed by atoms with E-state index in [1.54, 1.807) is 0 Å². The van der Waals surface area contributed by atoms with Gasteiger partial charge in [-0.05, 0) is 38.0 Å². The van der Waals surface area contributed by atoms with Gasteiger partial charge in [0.2, 0.25) is 0 Å². The first kappa shape index (κ1) is 15.0. The maximum absolute atomic E-state index is 11.4. The van der Waals surface area contributed by atoms with Gasteiger partial charge >= 0.3 is 5.97 Å². The summed E-state index contributed by atoms with van der Waals surface area (Å²) in [4.78, 5) is 13.4. The van der Waals surface area contributed by atoms with Crippen LogP contribution in [-0.4, -0.2) is 30.6 Å². The van der Waals surface area contributed by atoms with E-state index in [2.05, 4.69) is 0 Å². The van der Waals surface area contributed by atoms with E-state index in [1.807, 2.05) is 43.9 Å². The van der Waals surface area contributed by atoms with Crippen molar-refractivity contribution < 1.29 is 9.53 Å². The number of carbonyl (C=O) groups excluding carboxylic acids is 1. The molecule has 18 heavy (non-hydrogen) atoms. The van der Waals surface area contributed by atoms with Gasteiger partial charge in [-0.3, -0.25) is 9.69 Å². The highest BCUT2D eigenvalue weighted by Crippen LogP contribution is 2.20. The Balaban J connectivity index is 2.80. The van der Waals surface area contributed by atoms with E-state index in [4.69, 9.17) is 16.3 Å². The number of rotatable bonds is 5. The van der Waals surface area contributed by atoms with Crippen molar-refractivity contribution in [2.45, 2.75) is 33.4 Å². The van der Waals surface area contributed by atoms with Crippen molar-refractivity contribution in [2.75, 3.05) is 13.7 Å². The Bertz CT molecular complexity index is 418. The van der Waals surface area contributed by atoms with Gasteiger partial charge in [0.05, 0.1) is 13.7 Å². The monoisotopic (exact) mass is 269 g/mol. The molecule has 0 fully saturated rings. The molecular weight excluding hydrogens is 250 g/mol. The fourth-order valence-electron chi connectivity index (χ4n) is 1.65. The predicted molar refractivity (Wildman–Crippen MR) is 73.8 cm³/mol. The molecule has 0 aliphatic rings. The number of carbonyl (C=O) groups is 1. The van der Waals surface area contributed by atoms with Crippen molar-refractivity contribution in [1.82, 2.24) is 4.90 Å². The van der Waals surface area contributed by atoms with Gasteiger partial charge in [-0.15, -0.1) is 0 Å². The number of halogens is 1. The molecule has 1 aromatic rings. The number of methoxy groups -OCH3 is 1. The third-order valence-corrected chi connectivity index (χ3v) is 3.22. The molecule has 0 radical (unpaired) electrons. The molecule has 0 unspecified atom stereocenters. The van der Waals surface area contributed by atoms with Crippen LogP contribution in [0.3, 0.4) is 0 Å². The lowest BCUT2D eigenvalue weighted by Gasteiger charge is -2.25. The van der Waals surface area contributed by atoms with Gasteiger partial charge in [-0.2, -0.15) is 0 Å². The van der Waals surface area contributed by atoms with Crippen LogP contribution < -0.4 is 0 Å². The first-order valence-corrected chi connectivity index (χ1v) is 6.37. The SMILES string of the molecule is COC(=O)CN(Cc1ccc(C)cc1Cl)C(C)C. The molecule has 100 valence electrons. The highest BCUT2D eigenvalue weighted by Gasteiger charge is 2.16. The van der Waals surface area contributed by atoms with E-state index in [0.29, 0.717) is 6.54 Å². The summed E-state index contributed by atoms with van der Waals surface area (Å²) < 4.78 is 4.70. The van der Waals surface area contributed by atoms with Crippen molar-refractivity contribution in [3.8, 4) is 0 Å². The summed E-state index contributed by atoms with van der Waals surface area (Å²) >= 11 is 6.21. The minimum absolute atomic E-state index is 0.230. The molecule has 0 atom stereocenters. The zero-order valence-corrected chi connectivity index (χ0v) is 12.1. The van der Waals surface area contributed by atoms with Gasteiger partial charge in [-0.25, -0.2) is 0 Å². The van der Waals surface area contributed by atoms with Crippen molar-refractivity contribution >= 4 is 17.6 Å². The molecule has 1 rings (SSSR count). The minimum atomic E-state index is -0.230. The summed E-state index contributed by atoms with van der Waals surface area (Å²) in [6, 6.07) is 6.22. The van der Waals surface area contributed by atoms with E-state index in [1.165, 1.54) is 7.11 Å². The Labute approximate surface area is 114 Å². The molecule has 0 aliphatic heterocycles. The standard InChI is InChI=1S/C14H20ClNO2/c1-10(2)16(9-14(17)18-4)8-12-6-5-11(3)7-13(12)15/h5-7,10H,8-9H2,1-4H3. The molecular formula is C14H20ClNO2. The second-order valence-electron chi connectivity index (χ2n) is 4.67. The molecule has 1 aromatic carbocycles. The molecule has 0 heterocycles. The maximum atomic E-state index is 11.4. The number of esters is 1. The summed E-state index contributed by atoms with van der Waals surface area (Å²) in [5.74, 6) is -0.230. The van der Waals surface area contributed by atoms with Gasteiger partial charge in [0, 0.05) is 17.6 Å². The van der Waals surface area contributed by atoms with Crippen molar-refractivity contribution in [3.05, 3.63) is 34.3 Å². The van der Waals surface area contributed by atoms with E-state index in [-0.39, 0.29) is 18.6 Å². The zero-order chi connectivity index (χ0) is 13.7. The summed E-state index contributed by atoms with van der Waals surface area (Å²) in [7, 11) is 1.40. The summed E-state index contributed by atoms with van der Waals surface area (Å²) in [5.41, 5.74) is 2.16. The van der Waals surface area contributed by atoms with Crippen LogP contribution in [0.2, 0.25) is 5.02 Å². The Morgan fingerprint density at radius 3 is 2.61 bits per heavy atom. The molecule has 0 saturated carbocycles. The molecule has 0 spiro atoms. The van der Waals surface area contributed by atoms with E-state index < -0.39 is 0 Å². The molecule has 4 heteroatoms. The largest absolute Gasteiger partial charge is 0.468 e. The lowest BCUT2D eigenvalue weighted by molar-refractivity contribution is -0.142. The number of hydrogen-bond acceptors (Lipinski definition) is 3. The lowest BCUT2D eigenvalue weighted by atomic mass is 10.1. The van der Waals surface area contributed by atoms with E-state index in [0.717, 1.165) is 16.1 Å². The van der Waals surface area contributed by atoms with Gasteiger partial charge in [-0.1, -0.05) is 23.7 Å². The second kappa shape index (κ2) is 6.76. The van der Waals surface area contributed by atoms with Crippen LogP contribution in [0, 0.1) is 6.92 Å². The number of hydrogen-bond donors (Lipinski definition) is 0. The zero-order valence-electron chi connectivity index (χ0n) is 11.4. The first-order chi connectivity index (χ1) is 8.43. The van der Waals surface area contributed by atoms with Crippen LogP contribution >= 0.6 is 11.6 Å². The topological polar surface area (TPSA) is 29.5 Å². The summed E-state index contributed by atoms with van der Waals surface area (Å²) in [5, 5.41) is 0.741. The van der Waals surface area contributed by atoms with Crippen LogP contribution in [0.4, 0.5) is 0 Å². The quantitative estimate of drug-likeness (QED) is 0.770. The maximum Gasteiger partial charge on any atom is 0.319 e. The van der Waals surface area contributed by atoms with Crippen LogP contribution in [0.5, 0.6) is 0 Å².